The van der Waals surface area contributed by atoms with Crippen molar-refractivity contribution in [2.24, 2.45) is 5.92 Å². The van der Waals surface area contributed by atoms with Gasteiger partial charge in [-0.2, -0.15) is 0 Å². The van der Waals surface area contributed by atoms with E-state index < -0.39 is 0 Å². The maximum absolute atomic E-state index is 13.1. The molecule has 88 valence electrons. The van der Waals surface area contributed by atoms with Gasteiger partial charge in [-0.3, -0.25) is 0 Å². The Morgan fingerprint density at radius 2 is 2.25 bits per heavy atom. The Morgan fingerprint density at radius 3 is 2.81 bits per heavy atom. The summed E-state index contributed by atoms with van der Waals surface area (Å²) in [5.74, 6) is 0.452. The third kappa shape index (κ3) is 2.27. The molecule has 1 saturated heterocycles. The van der Waals surface area contributed by atoms with E-state index in [1.165, 1.54) is 18.9 Å². The molecule has 1 aliphatic rings. The highest BCUT2D eigenvalue weighted by molar-refractivity contribution is 5.20. The average Bonchev–Trinajstić information content (AvgIpc) is 2.67. The van der Waals surface area contributed by atoms with Crippen molar-refractivity contribution in [2.75, 3.05) is 6.54 Å². The van der Waals surface area contributed by atoms with Crippen LogP contribution in [-0.4, -0.2) is 12.1 Å². The van der Waals surface area contributed by atoms with E-state index >= 15 is 0 Å². The molecule has 16 heavy (non-hydrogen) atoms. The SMILES string of the molecule is CC(C)C1(Cc2cccc(F)c2)CCCN1. The van der Waals surface area contributed by atoms with Crippen molar-refractivity contribution in [1.29, 1.82) is 0 Å². The van der Waals surface area contributed by atoms with E-state index in [1.807, 2.05) is 6.07 Å². The molecule has 1 atom stereocenters. The van der Waals surface area contributed by atoms with Gasteiger partial charge in [0, 0.05) is 5.54 Å². The summed E-state index contributed by atoms with van der Waals surface area (Å²) in [5, 5.41) is 3.62. The molecule has 0 spiro atoms. The number of benzene rings is 1. The lowest BCUT2D eigenvalue weighted by molar-refractivity contribution is 0.269. The summed E-state index contributed by atoms with van der Waals surface area (Å²) in [4.78, 5) is 0. The fourth-order valence-corrected chi connectivity index (χ4v) is 2.69. The van der Waals surface area contributed by atoms with E-state index in [9.17, 15) is 4.39 Å². The third-order valence-electron chi connectivity index (χ3n) is 3.79. The maximum atomic E-state index is 13.1. The summed E-state index contributed by atoms with van der Waals surface area (Å²) < 4.78 is 13.1. The van der Waals surface area contributed by atoms with Crippen molar-refractivity contribution in [2.45, 2.75) is 38.6 Å². The second kappa shape index (κ2) is 4.54. The first-order valence-corrected chi connectivity index (χ1v) is 6.12. The van der Waals surface area contributed by atoms with Crippen LogP contribution in [0.4, 0.5) is 4.39 Å². The normalized spacial score (nSPS) is 25.2. The highest BCUT2D eigenvalue weighted by atomic mass is 19.1. The van der Waals surface area contributed by atoms with Crippen LogP contribution in [0, 0.1) is 11.7 Å². The molecule has 1 aromatic carbocycles. The zero-order valence-corrected chi connectivity index (χ0v) is 10.1. The lowest BCUT2D eigenvalue weighted by atomic mass is 9.80. The summed E-state index contributed by atoms with van der Waals surface area (Å²) in [5.41, 5.74) is 1.27. The van der Waals surface area contributed by atoms with Gasteiger partial charge in [0.05, 0.1) is 0 Å². The second-order valence-corrected chi connectivity index (χ2v) is 5.15. The average molecular weight is 221 g/mol. The largest absolute Gasteiger partial charge is 0.311 e. The molecular formula is C14H20FN. The molecule has 1 nitrogen and oxygen atoms in total. The highest BCUT2D eigenvalue weighted by Crippen LogP contribution is 2.31. The van der Waals surface area contributed by atoms with E-state index in [2.05, 4.69) is 19.2 Å². The van der Waals surface area contributed by atoms with Gasteiger partial charge in [-0.1, -0.05) is 26.0 Å². The van der Waals surface area contributed by atoms with Crippen LogP contribution in [0.3, 0.4) is 0 Å². The summed E-state index contributed by atoms with van der Waals surface area (Å²) in [7, 11) is 0. The fraction of sp³-hybridized carbons (Fsp3) is 0.571. The van der Waals surface area contributed by atoms with Crippen molar-refractivity contribution in [3.05, 3.63) is 35.6 Å². The highest BCUT2D eigenvalue weighted by Gasteiger charge is 2.36. The second-order valence-electron chi connectivity index (χ2n) is 5.15. The minimum Gasteiger partial charge on any atom is -0.311 e. The van der Waals surface area contributed by atoms with Gasteiger partial charge in [0.25, 0.3) is 0 Å². The third-order valence-corrected chi connectivity index (χ3v) is 3.79. The minimum atomic E-state index is -0.130. The molecule has 1 aliphatic heterocycles. The topological polar surface area (TPSA) is 12.0 Å². The Kier molecular flexibility index (Phi) is 3.29. The van der Waals surface area contributed by atoms with Crippen molar-refractivity contribution in [3.63, 3.8) is 0 Å². The first-order valence-electron chi connectivity index (χ1n) is 6.12. The van der Waals surface area contributed by atoms with Crippen LogP contribution in [0.1, 0.15) is 32.3 Å². The van der Waals surface area contributed by atoms with Crippen LogP contribution >= 0.6 is 0 Å². The molecule has 0 bridgehead atoms. The van der Waals surface area contributed by atoms with Gasteiger partial charge in [0.15, 0.2) is 0 Å². The van der Waals surface area contributed by atoms with Crippen LogP contribution in [0.15, 0.2) is 24.3 Å². The number of hydrogen-bond acceptors (Lipinski definition) is 1. The molecule has 0 radical (unpaired) electrons. The van der Waals surface area contributed by atoms with Crippen molar-refractivity contribution < 1.29 is 4.39 Å². The standard InChI is InChI=1S/C14H20FN/c1-11(2)14(7-4-8-16-14)10-12-5-3-6-13(15)9-12/h3,5-6,9,11,16H,4,7-8,10H2,1-2H3. The molecule has 0 amide bonds. The van der Waals surface area contributed by atoms with E-state index in [0.29, 0.717) is 5.92 Å². The van der Waals surface area contributed by atoms with Gasteiger partial charge in [-0.25, -0.2) is 4.39 Å². The monoisotopic (exact) mass is 221 g/mol. The molecule has 1 unspecified atom stereocenters. The molecule has 2 rings (SSSR count). The quantitative estimate of drug-likeness (QED) is 0.826. The molecular weight excluding hydrogens is 201 g/mol. The lowest BCUT2D eigenvalue weighted by Crippen LogP contribution is -2.46. The molecule has 0 saturated carbocycles. The van der Waals surface area contributed by atoms with E-state index in [0.717, 1.165) is 18.5 Å². The van der Waals surface area contributed by atoms with E-state index in [4.69, 9.17) is 0 Å². The first-order chi connectivity index (χ1) is 7.62. The number of halogens is 1. The van der Waals surface area contributed by atoms with Gasteiger partial charge >= 0.3 is 0 Å². The summed E-state index contributed by atoms with van der Waals surface area (Å²) in [6.07, 6.45) is 3.36. The van der Waals surface area contributed by atoms with Crippen molar-refractivity contribution in [1.82, 2.24) is 5.32 Å². The van der Waals surface area contributed by atoms with Crippen LogP contribution in [0.2, 0.25) is 0 Å². The predicted molar refractivity (Wildman–Crippen MR) is 64.9 cm³/mol. The smallest absolute Gasteiger partial charge is 0.123 e. The lowest BCUT2D eigenvalue weighted by Gasteiger charge is -2.34. The molecule has 0 aliphatic carbocycles. The minimum absolute atomic E-state index is 0.130. The molecule has 1 fully saturated rings. The van der Waals surface area contributed by atoms with E-state index in [-0.39, 0.29) is 11.4 Å². The van der Waals surface area contributed by atoms with Gasteiger partial charge in [-0.05, 0) is 49.4 Å². The van der Waals surface area contributed by atoms with Gasteiger partial charge in [0.2, 0.25) is 0 Å². The number of rotatable bonds is 3. The molecule has 1 heterocycles. The number of nitrogens with one attached hydrogen (secondary N) is 1. The molecule has 1 aromatic rings. The van der Waals surface area contributed by atoms with E-state index in [1.54, 1.807) is 12.1 Å². The predicted octanol–water partition coefficient (Wildman–Crippen LogP) is 3.15. The van der Waals surface area contributed by atoms with Crippen molar-refractivity contribution in [3.8, 4) is 0 Å². The zero-order chi connectivity index (χ0) is 11.6. The van der Waals surface area contributed by atoms with Crippen LogP contribution in [0.5, 0.6) is 0 Å². The number of hydrogen-bond donors (Lipinski definition) is 1. The Balaban J connectivity index is 2.18. The Labute approximate surface area is 97.1 Å². The van der Waals surface area contributed by atoms with Crippen LogP contribution in [-0.2, 0) is 6.42 Å². The molecule has 2 heteroatoms. The summed E-state index contributed by atoms with van der Waals surface area (Å²) >= 11 is 0. The van der Waals surface area contributed by atoms with Gasteiger partial charge in [0.1, 0.15) is 5.82 Å². The zero-order valence-electron chi connectivity index (χ0n) is 10.1. The summed E-state index contributed by atoms with van der Waals surface area (Å²) in [6.45, 7) is 5.59. The summed E-state index contributed by atoms with van der Waals surface area (Å²) in [6, 6.07) is 6.98. The Morgan fingerprint density at radius 1 is 1.44 bits per heavy atom. The maximum Gasteiger partial charge on any atom is 0.123 e. The van der Waals surface area contributed by atoms with Crippen LogP contribution in [0.25, 0.3) is 0 Å². The molecule has 0 aromatic heterocycles. The van der Waals surface area contributed by atoms with Gasteiger partial charge in [-0.15, -0.1) is 0 Å². The Hall–Kier alpha value is -0.890. The molecule has 1 N–H and O–H groups in total. The van der Waals surface area contributed by atoms with Crippen molar-refractivity contribution >= 4 is 0 Å². The van der Waals surface area contributed by atoms with Crippen LogP contribution < -0.4 is 5.32 Å². The van der Waals surface area contributed by atoms with Gasteiger partial charge < -0.3 is 5.32 Å². The Bertz CT molecular complexity index is 354. The first kappa shape index (κ1) is 11.6. The fourth-order valence-electron chi connectivity index (χ4n) is 2.69.